The lowest BCUT2D eigenvalue weighted by atomic mass is 10.0. The Morgan fingerprint density at radius 2 is 1.37 bits per heavy atom. The first-order valence-electron chi connectivity index (χ1n) is 4.73. The smallest absolute Gasteiger partial charge is 0.382 e. The zero-order chi connectivity index (χ0) is 14.9. The molecule has 1 unspecified atom stereocenters. The van der Waals surface area contributed by atoms with Crippen molar-refractivity contribution in [2.75, 3.05) is 0 Å². The summed E-state index contributed by atoms with van der Waals surface area (Å²) in [5, 5.41) is 9.10. The van der Waals surface area contributed by atoms with Crippen molar-refractivity contribution in [2.24, 2.45) is 0 Å². The van der Waals surface area contributed by atoms with E-state index in [1.54, 1.807) is 0 Å². The topological polar surface area (TPSA) is 29.5 Å². The number of alkyl halides is 7. The van der Waals surface area contributed by atoms with Crippen LogP contribution in [0.3, 0.4) is 0 Å². The normalized spacial score (nSPS) is 15.4. The first-order chi connectivity index (χ1) is 8.47. The van der Waals surface area contributed by atoms with Gasteiger partial charge < -0.3 is 5.11 Å². The van der Waals surface area contributed by atoms with Crippen LogP contribution in [0, 0.1) is 0 Å². The van der Waals surface area contributed by atoms with E-state index in [1.165, 1.54) is 6.07 Å². The molecule has 0 amide bonds. The molecule has 1 atom stereocenters. The summed E-state index contributed by atoms with van der Waals surface area (Å²) in [7, 11) is 0. The van der Waals surface area contributed by atoms with Crippen LogP contribution in [0.2, 0.25) is 0 Å². The highest BCUT2D eigenvalue weighted by Crippen LogP contribution is 2.46. The first kappa shape index (κ1) is 15.7. The van der Waals surface area contributed by atoms with Crippen LogP contribution < -0.4 is 0 Å². The average molecular weight is 292 g/mol. The largest absolute Gasteiger partial charge is 0.527 e. The second kappa shape index (κ2) is 4.97. The van der Waals surface area contributed by atoms with E-state index in [4.69, 9.17) is 5.11 Å². The number of ether oxygens (including phenoxy) is 1. The van der Waals surface area contributed by atoms with E-state index in [2.05, 4.69) is 4.74 Å². The van der Waals surface area contributed by atoms with Crippen molar-refractivity contribution in [3.8, 4) is 0 Å². The van der Waals surface area contributed by atoms with E-state index < -0.39 is 30.1 Å². The molecule has 0 fully saturated rings. The minimum atomic E-state index is -5.97. The highest BCUT2D eigenvalue weighted by molar-refractivity contribution is 5.20. The van der Waals surface area contributed by atoms with Crippen LogP contribution >= 0.6 is 0 Å². The maximum atomic E-state index is 13.2. The number of rotatable bonds is 4. The maximum Gasteiger partial charge on any atom is 0.527 e. The predicted octanol–water partition coefficient (Wildman–Crippen LogP) is 3.48. The molecule has 2 nitrogen and oxygen atoms in total. The molecule has 0 aliphatic rings. The molecular weight excluding hydrogens is 285 g/mol. The molecule has 0 heterocycles. The fourth-order valence-corrected chi connectivity index (χ4v) is 1.22. The Bertz CT molecular complexity index is 416. The van der Waals surface area contributed by atoms with E-state index in [0.29, 0.717) is 0 Å². The fourth-order valence-electron chi connectivity index (χ4n) is 1.22. The Morgan fingerprint density at radius 1 is 0.895 bits per heavy atom. The van der Waals surface area contributed by atoms with Crippen LogP contribution in [-0.4, -0.2) is 23.5 Å². The van der Waals surface area contributed by atoms with Crippen LogP contribution in [0.4, 0.5) is 30.7 Å². The molecule has 1 aromatic carbocycles. The standard InChI is InChI=1S/C10H7F7O2/c11-8(12,9(13,14)19-10(15,16)17)7(18)6-4-2-1-3-5-6/h1-5,7,18H. The van der Waals surface area contributed by atoms with Gasteiger partial charge in [0.2, 0.25) is 0 Å². The van der Waals surface area contributed by atoms with Gasteiger partial charge in [-0.2, -0.15) is 17.6 Å². The summed E-state index contributed by atoms with van der Waals surface area (Å²) in [5.74, 6) is -5.45. The summed E-state index contributed by atoms with van der Waals surface area (Å²) < 4.78 is 88.9. The zero-order valence-electron chi connectivity index (χ0n) is 8.97. The number of hydrogen-bond acceptors (Lipinski definition) is 2. The minimum absolute atomic E-state index is 0.669. The summed E-state index contributed by atoms with van der Waals surface area (Å²) in [6.07, 6.45) is -15.0. The summed E-state index contributed by atoms with van der Waals surface area (Å²) in [4.78, 5) is 0. The molecule has 108 valence electrons. The summed E-state index contributed by atoms with van der Waals surface area (Å²) >= 11 is 0. The summed E-state index contributed by atoms with van der Waals surface area (Å²) in [5.41, 5.74) is -0.669. The highest BCUT2D eigenvalue weighted by atomic mass is 19.4. The van der Waals surface area contributed by atoms with Crippen molar-refractivity contribution in [1.29, 1.82) is 0 Å². The predicted molar refractivity (Wildman–Crippen MR) is 48.4 cm³/mol. The lowest BCUT2D eigenvalue weighted by Crippen LogP contribution is -2.49. The Balaban J connectivity index is 3.02. The molecule has 0 radical (unpaired) electrons. The van der Waals surface area contributed by atoms with Gasteiger partial charge in [-0.1, -0.05) is 30.3 Å². The Hall–Kier alpha value is -1.35. The van der Waals surface area contributed by atoms with Crippen LogP contribution in [0.1, 0.15) is 11.7 Å². The third-order valence-electron chi connectivity index (χ3n) is 2.09. The van der Waals surface area contributed by atoms with Gasteiger partial charge in [0.25, 0.3) is 0 Å². The van der Waals surface area contributed by atoms with Crippen molar-refractivity contribution < 1.29 is 40.6 Å². The highest BCUT2D eigenvalue weighted by Gasteiger charge is 2.66. The van der Waals surface area contributed by atoms with Gasteiger partial charge in [0, 0.05) is 0 Å². The number of halogens is 7. The van der Waals surface area contributed by atoms with E-state index in [-0.39, 0.29) is 0 Å². The average Bonchev–Trinajstić information content (AvgIpc) is 2.25. The monoisotopic (exact) mass is 292 g/mol. The number of aliphatic hydroxyl groups is 1. The molecule has 0 bridgehead atoms. The lowest BCUT2D eigenvalue weighted by molar-refractivity contribution is -0.474. The second-order valence-corrected chi connectivity index (χ2v) is 3.50. The molecule has 1 N–H and O–H groups in total. The quantitative estimate of drug-likeness (QED) is 0.861. The van der Waals surface area contributed by atoms with Gasteiger partial charge in [0.05, 0.1) is 0 Å². The van der Waals surface area contributed by atoms with Crippen LogP contribution in [0.25, 0.3) is 0 Å². The number of benzene rings is 1. The van der Waals surface area contributed by atoms with Crippen molar-refractivity contribution in [1.82, 2.24) is 0 Å². The minimum Gasteiger partial charge on any atom is -0.382 e. The molecule has 0 saturated carbocycles. The van der Waals surface area contributed by atoms with E-state index >= 15 is 0 Å². The third-order valence-corrected chi connectivity index (χ3v) is 2.09. The van der Waals surface area contributed by atoms with Crippen LogP contribution in [0.5, 0.6) is 0 Å². The van der Waals surface area contributed by atoms with E-state index in [1.807, 2.05) is 0 Å². The molecule has 0 spiro atoms. The van der Waals surface area contributed by atoms with Crippen LogP contribution in [0.15, 0.2) is 30.3 Å². The van der Waals surface area contributed by atoms with Crippen molar-refractivity contribution in [2.45, 2.75) is 24.5 Å². The lowest BCUT2D eigenvalue weighted by Gasteiger charge is -2.30. The third kappa shape index (κ3) is 3.57. The number of aliphatic hydroxyl groups excluding tert-OH is 1. The van der Waals surface area contributed by atoms with Gasteiger partial charge in [-0.05, 0) is 5.56 Å². The molecule has 0 aromatic heterocycles. The zero-order valence-corrected chi connectivity index (χ0v) is 8.97. The Labute approximate surface area is 102 Å². The van der Waals surface area contributed by atoms with Gasteiger partial charge in [0.1, 0.15) is 0 Å². The first-order valence-corrected chi connectivity index (χ1v) is 4.73. The van der Waals surface area contributed by atoms with Crippen molar-refractivity contribution >= 4 is 0 Å². The van der Waals surface area contributed by atoms with E-state index in [0.717, 1.165) is 24.3 Å². The Kier molecular flexibility index (Phi) is 4.11. The molecule has 0 aliphatic heterocycles. The second-order valence-electron chi connectivity index (χ2n) is 3.50. The van der Waals surface area contributed by atoms with Crippen LogP contribution in [-0.2, 0) is 4.74 Å². The molecule has 1 rings (SSSR count). The molecule has 0 saturated heterocycles. The van der Waals surface area contributed by atoms with Gasteiger partial charge in [-0.3, -0.25) is 0 Å². The SMILES string of the molecule is OC(c1ccccc1)C(F)(F)C(F)(F)OC(F)(F)F. The Morgan fingerprint density at radius 3 is 1.79 bits per heavy atom. The molecule has 1 aromatic rings. The van der Waals surface area contributed by atoms with Gasteiger partial charge >= 0.3 is 18.4 Å². The summed E-state index contributed by atoms with van der Waals surface area (Å²) in [6.45, 7) is 0. The molecule has 0 aliphatic carbocycles. The maximum absolute atomic E-state index is 13.2. The van der Waals surface area contributed by atoms with Gasteiger partial charge in [-0.15, -0.1) is 13.2 Å². The van der Waals surface area contributed by atoms with Gasteiger partial charge in [-0.25, -0.2) is 4.74 Å². The molecule has 19 heavy (non-hydrogen) atoms. The summed E-state index contributed by atoms with van der Waals surface area (Å²) in [6, 6.07) is 5.37. The van der Waals surface area contributed by atoms with Crippen molar-refractivity contribution in [3.05, 3.63) is 35.9 Å². The fraction of sp³-hybridized carbons (Fsp3) is 0.400. The van der Waals surface area contributed by atoms with Crippen molar-refractivity contribution in [3.63, 3.8) is 0 Å². The number of hydrogen-bond donors (Lipinski definition) is 1. The van der Waals surface area contributed by atoms with E-state index in [9.17, 15) is 30.7 Å². The van der Waals surface area contributed by atoms with Gasteiger partial charge in [0.15, 0.2) is 6.10 Å². The molecular formula is C10H7F7O2. The molecule has 9 heteroatoms.